The topological polar surface area (TPSA) is 43.2 Å². The van der Waals surface area contributed by atoms with Gasteiger partial charge in [0.25, 0.3) is 0 Å². The first-order chi connectivity index (χ1) is 12.8. The van der Waals surface area contributed by atoms with Gasteiger partial charge in [0.05, 0.1) is 19.2 Å². The highest BCUT2D eigenvalue weighted by Crippen LogP contribution is 2.33. The average molecular weight is 366 g/mol. The Morgan fingerprint density at radius 3 is 2.58 bits per heavy atom. The number of hydrogen-bond donors (Lipinski definition) is 0. The molecule has 0 bridgehead atoms. The van der Waals surface area contributed by atoms with Gasteiger partial charge in [0.15, 0.2) is 11.0 Å². The molecule has 2 aromatic carbocycles. The molecule has 3 aromatic rings. The SMILES string of the molecule is CCOc1ccc(-c2nnc3n2CN(C(C)c2ccccc2)CS3)cc1. The molecule has 5 nitrogen and oxygen atoms in total. The molecular weight excluding hydrogens is 344 g/mol. The molecule has 0 fully saturated rings. The van der Waals surface area contributed by atoms with Crippen LogP contribution in [0.1, 0.15) is 25.5 Å². The van der Waals surface area contributed by atoms with E-state index >= 15 is 0 Å². The number of aromatic nitrogens is 3. The van der Waals surface area contributed by atoms with Crippen LogP contribution in [-0.2, 0) is 6.67 Å². The number of rotatable bonds is 5. The van der Waals surface area contributed by atoms with E-state index in [-0.39, 0.29) is 0 Å². The minimum Gasteiger partial charge on any atom is -0.494 e. The van der Waals surface area contributed by atoms with Gasteiger partial charge in [-0.05, 0) is 43.7 Å². The molecule has 1 aromatic heterocycles. The minimum atomic E-state index is 0.340. The summed E-state index contributed by atoms with van der Waals surface area (Å²) < 4.78 is 7.73. The van der Waals surface area contributed by atoms with Crippen molar-refractivity contribution in [3.8, 4) is 17.1 Å². The van der Waals surface area contributed by atoms with Gasteiger partial charge in [-0.15, -0.1) is 10.2 Å². The van der Waals surface area contributed by atoms with Crippen molar-refractivity contribution in [2.75, 3.05) is 12.5 Å². The fourth-order valence-corrected chi connectivity index (χ4v) is 4.13. The highest BCUT2D eigenvalue weighted by Gasteiger charge is 2.26. The number of ether oxygens (including phenoxy) is 1. The van der Waals surface area contributed by atoms with E-state index in [9.17, 15) is 0 Å². The third kappa shape index (κ3) is 3.34. The fourth-order valence-electron chi connectivity index (χ4n) is 3.14. The van der Waals surface area contributed by atoms with Crippen molar-refractivity contribution in [1.82, 2.24) is 19.7 Å². The van der Waals surface area contributed by atoms with E-state index in [2.05, 4.69) is 56.9 Å². The van der Waals surface area contributed by atoms with Crippen LogP contribution in [0.15, 0.2) is 59.8 Å². The van der Waals surface area contributed by atoms with E-state index in [1.807, 2.05) is 31.2 Å². The maximum atomic E-state index is 5.53. The summed E-state index contributed by atoms with van der Waals surface area (Å²) in [5.74, 6) is 2.70. The molecule has 0 aliphatic carbocycles. The Labute approximate surface area is 158 Å². The van der Waals surface area contributed by atoms with Crippen molar-refractivity contribution in [3.63, 3.8) is 0 Å². The van der Waals surface area contributed by atoms with E-state index in [1.54, 1.807) is 11.8 Å². The van der Waals surface area contributed by atoms with Gasteiger partial charge in [-0.2, -0.15) is 0 Å². The molecule has 0 amide bonds. The van der Waals surface area contributed by atoms with Gasteiger partial charge in [-0.25, -0.2) is 0 Å². The van der Waals surface area contributed by atoms with E-state index in [0.717, 1.165) is 34.8 Å². The van der Waals surface area contributed by atoms with Gasteiger partial charge >= 0.3 is 0 Å². The number of nitrogens with zero attached hydrogens (tertiary/aromatic N) is 4. The fraction of sp³-hybridized carbons (Fsp3) is 0.300. The van der Waals surface area contributed by atoms with Crippen molar-refractivity contribution < 1.29 is 4.74 Å². The Hall–Kier alpha value is -2.31. The van der Waals surface area contributed by atoms with Gasteiger partial charge < -0.3 is 4.74 Å². The molecule has 1 atom stereocenters. The van der Waals surface area contributed by atoms with Crippen molar-refractivity contribution in [1.29, 1.82) is 0 Å². The molecule has 1 unspecified atom stereocenters. The van der Waals surface area contributed by atoms with Crippen molar-refractivity contribution in [2.45, 2.75) is 31.7 Å². The minimum absolute atomic E-state index is 0.340. The maximum Gasteiger partial charge on any atom is 0.193 e. The van der Waals surface area contributed by atoms with E-state index in [4.69, 9.17) is 4.74 Å². The summed E-state index contributed by atoms with van der Waals surface area (Å²) in [6.07, 6.45) is 0. The third-order valence-electron chi connectivity index (χ3n) is 4.65. The lowest BCUT2D eigenvalue weighted by molar-refractivity contribution is 0.182. The average Bonchev–Trinajstić information content (AvgIpc) is 3.12. The Bertz CT molecular complexity index is 863. The molecule has 4 rings (SSSR count). The first kappa shape index (κ1) is 17.1. The molecule has 2 heterocycles. The van der Waals surface area contributed by atoms with E-state index in [1.165, 1.54) is 5.56 Å². The second kappa shape index (κ2) is 7.51. The normalized spacial score (nSPS) is 15.5. The molecule has 134 valence electrons. The molecule has 0 radical (unpaired) electrons. The Kier molecular flexibility index (Phi) is 4.95. The predicted octanol–water partition coefficient (Wildman–Crippen LogP) is 4.43. The second-order valence-electron chi connectivity index (χ2n) is 6.28. The number of benzene rings is 2. The van der Waals surface area contributed by atoms with Crippen LogP contribution >= 0.6 is 11.8 Å². The predicted molar refractivity (Wildman–Crippen MR) is 104 cm³/mol. The van der Waals surface area contributed by atoms with E-state index < -0.39 is 0 Å². The zero-order valence-electron chi connectivity index (χ0n) is 15.0. The summed E-state index contributed by atoms with van der Waals surface area (Å²) in [6, 6.07) is 19.0. The molecule has 0 saturated carbocycles. The van der Waals surface area contributed by atoms with Crippen LogP contribution in [0.5, 0.6) is 5.75 Å². The lowest BCUT2D eigenvalue weighted by atomic mass is 10.1. The smallest absolute Gasteiger partial charge is 0.193 e. The first-order valence-corrected chi connectivity index (χ1v) is 9.83. The number of thioether (sulfide) groups is 1. The molecule has 0 N–H and O–H groups in total. The van der Waals surface area contributed by atoms with Crippen LogP contribution < -0.4 is 4.74 Å². The van der Waals surface area contributed by atoms with Crippen LogP contribution in [0, 0.1) is 0 Å². The largest absolute Gasteiger partial charge is 0.494 e. The Morgan fingerprint density at radius 2 is 1.85 bits per heavy atom. The zero-order chi connectivity index (χ0) is 17.9. The summed E-state index contributed by atoms with van der Waals surface area (Å²) in [6.45, 7) is 5.70. The first-order valence-electron chi connectivity index (χ1n) is 8.84. The molecule has 1 aliphatic heterocycles. The monoisotopic (exact) mass is 366 g/mol. The molecular formula is C20H22N4OS. The summed E-state index contributed by atoms with van der Waals surface area (Å²) >= 11 is 1.74. The Morgan fingerprint density at radius 1 is 1.08 bits per heavy atom. The van der Waals surface area contributed by atoms with E-state index in [0.29, 0.717) is 12.6 Å². The van der Waals surface area contributed by atoms with Crippen LogP contribution in [-0.4, -0.2) is 32.1 Å². The van der Waals surface area contributed by atoms with Crippen LogP contribution in [0.4, 0.5) is 0 Å². The Balaban J connectivity index is 1.58. The highest BCUT2D eigenvalue weighted by molar-refractivity contribution is 7.99. The summed E-state index contributed by atoms with van der Waals surface area (Å²) in [5, 5.41) is 9.79. The third-order valence-corrected chi connectivity index (χ3v) is 5.67. The maximum absolute atomic E-state index is 5.53. The van der Waals surface area contributed by atoms with Crippen LogP contribution in [0.3, 0.4) is 0 Å². The van der Waals surface area contributed by atoms with Gasteiger partial charge in [0.1, 0.15) is 5.75 Å². The van der Waals surface area contributed by atoms with Gasteiger partial charge in [-0.3, -0.25) is 9.47 Å². The summed E-state index contributed by atoms with van der Waals surface area (Å²) in [5.41, 5.74) is 2.38. The molecule has 0 spiro atoms. The molecule has 26 heavy (non-hydrogen) atoms. The van der Waals surface area contributed by atoms with Gasteiger partial charge in [0.2, 0.25) is 0 Å². The molecule has 0 saturated heterocycles. The zero-order valence-corrected chi connectivity index (χ0v) is 15.8. The van der Waals surface area contributed by atoms with Crippen LogP contribution in [0.25, 0.3) is 11.4 Å². The summed E-state index contributed by atoms with van der Waals surface area (Å²) in [7, 11) is 0. The van der Waals surface area contributed by atoms with Crippen molar-refractivity contribution >= 4 is 11.8 Å². The highest BCUT2D eigenvalue weighted by atomic mass is 32.2. The number of fused-ring (bicyclic) bond motifs is 1. The van der Waals surface area contributed by atoms with Crippen molar-refractivity contribution in [3.05, 3.63) is 60.2 Å². The lowest BCUT2D eigenvalue weighted by Crippen LogP contribution is -2.33. The standard InChI is InChI=1S/C20H22N4OS/c1-3-25-18-11-9-17(10-12-18)19-21-22-20-24(19)13-23(14-26-20)15(2)16-7-5-4-6-8-16/h4-12,15H,3,13-14H2,1-2H3. The number of hydrogen-bond acceptors (Lipinski definition) is 5. The quantitative estimate of drug-likeness (QED) is 0.668. The second-order valence-corrected chi connectivity index (χ2v) is 7.19. The molecule has 6 heteroatoms. The summed E-state index contributed by atoms with van der Waals surface area (Å²) in [4.78, 5) is 2.44. The van der Waals surface area contributed by atoms with Gasteiger partial charge in [-0.1, -0.05) is 42.1 Å². The van der Waals surface area contributed by atoms with Gasteiger partial charge in [0, 0.05) is 11.6 Å². The molecule has 1 aliphatic rings. The van der Waals surface area contributed by atoms with Crippen molar-refractivity contribution in [2.24, 2.45) is 0 Å². The lowest BCUT2D eigenvalue weighted by Gasteiger charge is -2.33. The van der Waals surface area contributed by atoms with Crippen LogP contribution in [0.2, 0.25) is 0 Å².